The van der Waals surface area contributed by atoms with Gasteiger partial charge in [-0.15, -0.1) is 0 Å². The van der Waals surface area contributed by atoms with Gasteiger partial charge in [-0.25, -0.2) is 0 Å². The predicted octanol–water partition coefficient (Wildman–Crippen LogP) is 2.84. The molecule has 1 saturated carbocycles. The molecule has 1 aromatic rings. The Kier molecular flexibility index (Phi) is 9.11. The zero-order chi connectivity index (χ0) is 22.1. The fourth-order valence-electron chi connectivity index (χ4n) is 4.38. The van der Waals surface area contributed by atoms with Gasteiger partial charge in [0.2, 0.25) is 5.91 Å². The van der Waals surface area contributed by atoms with Crippen LogP contribution >= 0.6 is 0 Å². The molecule has 0 aromatic heterocycles. The van der Waals surface area contributed by atoms with Crippen LogP contribution in [0.4, 0.5) is 5.69 Å². The topological polar surface area (TPSA) is 78.0 Å². The number of hydrogen-bond acceptors (Lipinski definition) is 4. The van der Waals surface area contributed by atoms with Crippen LogP contribution < -0.4 is 16.0 Å². The van der Waals surface area contributed by atoms with Crippen molar-refractivity contribution in [2.75, 3.05) is 39.6 Å². The average molecular weight is 418 g/mol. The maximum Gasteiger partial charge on any atom is 0.238 e. The van der Waals surface area contributed by atoms with E-state index >= 15 is 0 Å². The number of benzene rings is 1. The Morgan fingerprint density at radius 1 is 1.27 bits per heavy atom. The molecule has 7 heteroatoms. The van der Waals surface area contributed by atoms with E-state index in [1.54, 1.807) is 7.05 Å². The second-order valence-electron chi connectivity index (χ2n) is 8.23. The molecule has 1 aliphatic rings. The second-order valence-corrected chi connectivity index (χ2v) is 8.23. The number of nitrogens with one attached hydrogen (secondary N) is 3. The third-order valence-electron chi connectivity index (χ3n) is 6.13. The summed E-state index contributed by atoms with van der Waals surface area (Å²) in [7, 11) is 5.55. The van der Waals surface area contributed by atoms with Crippen molar-refractivity contribution in [2.45, 2.75) is 58.7 Å². The monoisotopic (exact) mass is 417 g/mol. The Morgan fingerprint density at radius 2 is 2.00 bits per heavy atom. The van der Waals surface area contributed by atoms with Crippen molar-refractivity contribution in [3.8, 4) is 0 Å². The van der Waals surface area contributed by atoms with Crippen molar-refractivity contribution in [3.05, 3.63) is 29.8 Å². The molecule has 3 N–H and O–H groups in total. The highest BCUT2D eigenvalue weighted by Crippen LogP contribution is 2.48. The summed E-state index contributed by atoms with van der Waals surface area (Å²) in [5, 5.41) is 9.95. The minimum absolute atomic E-state index is 0.0214. The summed E-state index contributed by atoms with van der Waals surface area (Å²) in [6.07, 6.45) is 3.48. The molecular weight excluding hydrogens is 378 g/mol. The maximum atomic E-state index is 12.0. The van der Waals surface area contributed by atoms with Crippen LogP contribution in [0.5, 0.6) is 0 Å². The van der Waals surface area contributed by atoms with Crippen LogP contribution in [0.25, 0.3) is 0 Å². The third kappa shape index (κ3) is 5.95. The minimum Gasteiger partial charge on any atom is -0.378 e. The fourth-order valence-corrected chi connectivity index (χ4v) is 4.38. The molecule has 0 spiro atoms. The highest BCUT2D eigenvalue weighted by molar-refractivity contribution is 5.92. The summed E-state index contributed by atoms with van der Waals surface area (Å²) in [5.74, 6) is 0.773. The fraction of sp³-hybridized carbons (Fsp3) is 0.652. The van der Waals surface area contributed by atoms with Crippen LogP contribution in [-0.4, -0.2) is 63.2 Å². The van der Waals surface area contributed by atoms with Gasteiger partial charge in [0, 0.05) is 37.3 Å². The van der Waals surface area contributed by atoms with Crippen LogP contribution in [-0.2, 0) is 16.1 Å². The SMILES string of the molecule is CCOC1CC(NC(=NC)NCc2cccc(NC(=O)CN(C)C)c2)C1(CC)CC. The summed E-state index contributed by atoms with van der Waals surface area (Å²) in [4.78, 5) is 18.2. The number of hydrogen-bond donors (Lipinski definition) is 3. The Balaban J connectivity index is 1.93. The molecule has 1 fully saturated rings. The number of anilines is 1. The Labute approximate surface area is 181 Å². The maximum absolute atomic E-state index is 12.0. The summed E-state index contributed by atoms with van der Waals surface area (Å²) in [6, 6.07) is 8.25. The molecule has 30 heavy (non-hydrogen) atoms. The molecule has 1 aliphatic carbocycles. The number of nitrogens with zero attached hydrogens (tertiary/aromatic N) is 2. The van der Waals surface area contributed by atoms with Crippen molar-refractivity contribution in [3.63, 3.8) is 0 Å². The number of carbonyl (C=O) groups excluding carboxylic acids is 1. The second kappa shape index (κ2) is 11.3. The van der Waals surface area contributed by atoms with E-state index in [9.17, 15) is 4.79 Å². The molecule has 2 unspecified atom stereocenters. The third-order valence-corrected chi connectivity index (χ3v) is 6.13. The number of ether oxygens (including phenoxy) is 1. The zero-order valence-electron chi connectivity index (χ0n) is 19.4. The van der Waals surface area contributed by atoms with Gasteiger partial charge in [0.05, 0.1) is 12.6 Å². The molecule has 168 valence electrons. The van der Waals surface area contributed by atoms with Gasteiger partial charge in [0.25, 0.3) is 0 Å². The van der Waals surface area contributed by atoms with Gasteiger partial charge in [0.1, 0.15) is 0 Å². The summed E-state index contributed by atoms with van der Waals surface area (Å²) >= 11 is 0. The standard InChI is InChI=1S/C23H39N5O2/c1-7-23(8-2)19(14-20(23)30-9-3)27-22(24-4)25-15-17-11-10-12-18(13-17)26-21(29)16-28(5)6/h10-13,19-20H,7-9,14-16H2,1-6H3,(H,26,29)(H2,24,25,27). The van der Waals surface area contributed by atoms with E-state index in [2.05, 4.69) is 41.7 Å². The van der Waals surface area contributed by atoms with Gasteiger partial charge in [-0.1, -0.05) is 26.0 Å². The summed E-state index contributed by atoms with van der Waals surface area (Å²) in [6.45, 7) is 8.30. The molecule has 1 aromatic carbocycles. The number of rotatable bonds is 10. The molecule has 2 rings (SSSR count). The number of likely N-dealkylation sites (N-methyl/N-ethyl adjacent to an activating group) is 1. The first-order valence-corrected chi connectivity index (χ1v) is 11.0. The highest BCUT2D eigenvalue weighted by atomic mass is 16.5. The van der Waals surface area contributed by atoms with Crippen molar-refractivity contribution in [1.82, 2.24) is 15.5 Å². The van der Waals surface area contributed by atoms with Gasteiger partial charge in [-0.05, 0) is 58.0 Å². The molecule has 0 saturated heterocycles. The lowest BCUT2D eigenvalue weighted by Gasteiger charge is -2.55. The van der Waals surface area contributed by atoms with E-state index in [4.69, 9.17) is 4.74 Å². The first-order chi connectivity index (χ1) is 14.4. The average Bonchev–Trinajstić information content (AvgIpc) is 2.70. The molecule has 0 bridgehead atoms. The largest absolute Gasteiger partial charge is 0.378 e. The molecule has 1 amide bonds. The Morgan fingerprint density at radius 3 is 2.60 bits per heavy atom. The van der Waals surface area contributed by atoms with Crippen molar-refractivity contribution in [1.29, 1.82) is 0 Å². The first-order valence-electron chi connectivity index (χ1n) is 11.0. The van der Waals surface area contributed by atoms with Crippen molar-refractivity contribution >= 4 is 17.6 Å². The van der Waals surface area contributed by atoms with Crippen LogP contribution in [0.3, 0.4) is 0 Å². The van der Waals surface area contributed by atoms with E-state index in [1.165, 1.54) is 0 Å². The van der Waals surface area contributed by atoms with Crippen LogP contribution in [0.1, 0.15) is 45.6 Å². The molecule has 0 aliphatic heterocycles. The molecule has 0 radical (unpaired) electrons. The smallest absolute Gasteiger partial charge is 0.238 e. The normalized spacial score (nSPS) is 20.6. The van der Waals surface area contributed by atoms with Gasteiger partial charge in [0.15, 0.2) is 5.96 Å². The first kappa shape index (κ1) is 24.2. The highest BCUT2D eigenvalue weighted by Gasteiger charge is 2.53. The lowest BCUT2D eigenvalue weighted by molar-refractivity contribution is -0.133. The van der Waals surface area contributed by atoms with E-state index in [1.807, 2.05) is 43.3 Å². The summed E-state index contributed by atoms with van der Waals surface area (Å²) < 4.78 is 5.98. The molecule has 2 atom stereocenters. The van der Waals surface area contributed by atoms with Crippen molar-refractivity contribution < 1.29 is 9.53 Å². The number of aliphatic imine (C=N–C) groups is 1. The van der Waals surface area contributed by atoms with E-state index in [-0.39, 0.29) is 11.3 Å². The predicted molar refractivity (Wildman–Crippen MR) is 124 cm³/mol. The Bertz CT molecular complexity index is 715. The van der Waals surface area contributed by atoms with Gasteiger partial charge < -0.3 is 25.6 Å². The van der Waals surface area contributed by atoms with Crippen LogP contribution in [0.2, 0.25) is 0 Å². The van der Waals surface area contributed by atoms with Crippen LogP contribution in [0, 0.1) is 5.41 Å². The number of guanidine groups is 1. The lowest BCUT2D eigenvalue weighted by atomic mass is 9.58. The van der Waals surface area contributed by atoms with Crippen molar-refractivity contribution in [2.24, 2.45) is 10.4 Å². The van der Waals surface area contributed by atoms with Gasteiger partial charge >= 0.3 is 0 Å². The van der Waals surface area contributed by atoms with E-state index in [0.717, 1.165) is 43.1 Å². The quantitative estimate of drug-likeness (QED) is 0.403. The van der Waals surface area contributed by atoms with Gasteiger partial charge in [-0.2, -0.15) is 0 Å². The molecule has 0 heterocycles. The molecule has 7 nitrogen and oxygen atoms in total. The number of amides is 1. The summed E-state index contributed by atoms with van der Waals surface area (Å²) in [5.41, 5.74) is 2.04. The molecular formula is C23H39N5O2. The number of carbonyl (C=O) groups is 1. The minimum atomic E-state index is -0.0214. The zero-order valence-corrected chi connectivity index (χ0v) is 19.4. The van der Waals surface area contributed by atoms with E-state index < -0.39 is 0 Å². The van der Waals surface area contributed by atoms with E-state index in [0.29, 0.717) is 25.2 Å². The van der Waals surface area contributed by atoms with Crippen LogP contribution in [0.15, 0.2) is 29.3 Å². The lowest BCUT2D eigenvalue weighted by Crippen LogP contribution is -2.65. The Hall–Kier alpha value is -2.12. The van der Waals surface area contributed by atoms with Gasteiger partial charge in [-0.3, -0.25) is 9.79 Å².